The van der Waals surface area contributed by atoms with Gasteiger partial charge in [0.15, 0.2) is 0 Å². The van der Waals surface area contributed by atoms with E-state index in [1.165, 1.54) is 12.5 Å². The van der Waals surface area contributed by atoms with Gasteiger partial charge in [0, 0.05) is 12.7 Å². The van der Waals surface area contributed by atoms with Crippen LogP contribution in [-0.4, -0.2) is 34.1 Å². The van der Waals surface area contributed by atoms with E-state index in [4.69, 9.17) is 11.5 Å². The van der Waals surface area contributed by atoms with Crippen LogP contribution in [0.2, 0.25) is 0 Å². The summed E-state index contributed by atoms with van der Waals surface area (Å²) in [6.45, 7) is 3.00. The van der Waals surface area contributed by atoms with Crippen LogP contribution in [0.15, 0.2) is 12.5 Å². The Morgan fingerprint density at radius 1 is 1.69 bits per heavy atom. The van der Waals surface area contributed by atoms with Gasteiger partial charge in [-0.1, -0.05) is 12.8 Å². The highest BCUT2D eigenvalue weighted by Gasteiger charge is 2.16. The van der Waals surface area contributed by atoms with E-state index < -0.39 is 5.97 Å². The molecule has 0 saturated heterocycles. The van der Waals surface area contributed by atoms with Crippen molar-refractivity contribution in [2.24, 2.45) is 0 Å². The number of rotatable bonds is 5. The van der Waals surface area contributed by atoms with Gasteiger partial charge in [-0.15, -0.1) is 6.42 Å². The van der Waals surface area contributed by atoms with Crippen molar-refractivity contribution < 1.29 is 9.90 Å². The lowest BCUT2D eigenvalue weighted by Crippen LogP contribution is -2.27. The second kappa shape index (κ2) is 5.71. The molecule has 0 aliphatic rings. The Bertz CT molecular complexity index is 412. The summed E-state index contributed by atoms with van der Waals surface area (Å²) in [5, 5.41) is 8.99. The first-order chi connectivity index (χ1) is 7.70. The van der Waals surface area contributed by atoms with E-state index in [-0.39, 0.29) is 5.56 Å². The third-order valence-corrected chi connectivity index (χ3v) is 2.00. The van der Waals surface area contributed by atoms with Crippen LogP contribution < -0.4 is 4.90 Å². The molecule has 5 heteroatoms. The van der Waals surface area contributed by atoms with Crippen molar-refractivity contribution in [3.8, 4) is 12.3 Å². The maximum absolute atomic E-state index is 11.0. The Balaban J connectivity index is 3.08. The molecule has 84 valence electrons. The molecule has 0 fully saturated rings. The van der Waals surface area contributed by atoms with Crippen LogP contribution >= 0.6 is 0 Å². The molecule has 1 aromatic rings. The molecule has 0 saturated carbocycles. The standard InChI is InChI=1S/C11H13N3O2/c1-3-5-14(6-4-2)10-9(11(15)16)7-12-8-13-10/h1,7-8H,4-6H2,2H3,(H,15,16). The number of nitrogens with zero attached hydrogens (tertiary/aromatic N) is 3. The summed E-state index contributed by atoms with van der Waals surface area (Å²) in [4.78, 5) is 20.4. The number of terminal acetylenes is 1. The molecule has 0 aliphatic heterocycles. The number of carbonyl (C=O) groups is 1. The summed E-state index contributed by atoms with van der Waals surface area (Å²) >= 11 is 0. The Morgan fingerprint density at radius 2 is 2.44 bits per heavy atom. The third-order valence-electron chi connectivity index (χ3n) is 2.00. The second-order valence-corrected chi connectivity index (χ2v) is 3.19. The van der Waals surface area contributed by atoms with Crippen molar-refractivity contribution in [2.75, 3.05) is 18.0 Å². The largest absolute Gasteiger partial charge is 0.477 e. The molecule has 0 radical (unpaired) electrons. The normalized spacial score (nSPS) is 9.50. The van der Waals surface area contributed by atoms with Crippen molar-refractivity contribution >= 4 is 11.8 Å². The summed E-state index contributed by atoms with van der Waals surface area (Å²) in [6.07, 6.45) is 8.71. The molecule has 0 spiro atoms. The minimum Gasteiger partial charge on any atom is -0.477 e. The number of aromatic nitrogens is 2. The van der Waals surface area contributed by atoms with Crippen LogP contribution in [0.25, 0.3) is 0 Å². The molecule has 1 N–H and O–H groups in total. The highest BCUT2D eigenvalue weighted by molar-refractivity contribution is 5.92. The Hall–Kier alpha value is -2.09. The fraction of sp³-hybridized carbons (Fsp3) is 0.364. The fourth-order valence-corrected chi connectivity index (χ4v) is 1.37. The summed E-state index contributed by atoms with van der Waals surface area (Å²) < 4.78 is 0. The second-order valence-electron chi connectivity index (χ2n) is 3.19. The van der Waals surface area contributed by atoms with Crippen LogP contribution in [0.3, 0.4) is 0 Å². The predicted molar refractivity (Wildman–Crippen MR) is 60.3 cm³/mol. The van der Waals surface area contributed by atoms with E-state index in [9.17, 15) is 4.79 Å². The zero-order chi connectivity index (χ0) is 12.0. The molecule has 5 nitrogen and oxygen atoms in total. The Labute approximate surface area is 94.1 Å². The Kier molecular flexibility index (Phi) is 4.28. The topological polar surface area (TPSA) is 66.3 Å². The third kappa shape index (κ3) is 2.70. The van der Waals surface area contributed by atoms with Crippen molar-refractivity contribution in [1.29, 1.82) is 0 Å². The van der Waals surface area contributed by atoms with Crippen molar-refractivity contribution in [3.05, 3.63) is 18.1 Å². The lowest BCUT2D eigenvalue weighted by atomic mass is 10.2. The Morgan fingerprint density at radius 3 is 3.00 bits per heavy atom. The van der Waals surface area contributed by atoms with E-state index in [1.54, 1.807) is 4.90 Å². The van der Waals surface area contributed by atoms with E-state index in [2.05, 4.69) is 15.9 Å². The molecule has 0 unspecified atom stereocenters. The molecule has 0 atom stereocenters. The SMILES string of the molecule is C#CCN(CCC)c1ncncc1C(=O)O. The molecule has 0 bridgehead atoms. The number of hydrogen-bond donors (Lipinski definition) is 1. The van der Waals surface area contributed by atoms with Gasteiger partial charge >= 0.3 is 5.97 Å². The average Bonchev–Trinajstić information content (AvgIpc) is 2.29. The first kappa shape index (κ1) is 12.0. The number of anilines is 1. The highest BCUT2D eigenvalue weighted by Crippen LogP contribution is 2.15. The van der Waals surface area contributed by atoms with E-state index in [1.807, 2.05) is 6.92 Å². The van der Waals surface area contributed by atoms with Crippen LogP contribution in [-0.2, 0) is 0 Å². The van der Waals surface area contributed by atoms with Crippen molar-refractivity contribution in [1.82, 2.24) is 9.97 Å². The van der Waals surface area contributed by atoms with Crippen LogP contribution in [0, 0.1) is 12.3 Å². The van der Waals surface area contributed by atoms with Gasteiger partial charge in [0.05, 0.1) is 6.54 Å². The quantitative estimate of drug-likeness (QED) is 0.749. The number of hydrogen-bond acceptors (Lipinski definition) is 4. The monoisotopic (exact) mass is 219 g/mol. The number of aromatic carboxylic acids is 1. The van der Waals surface area contributed by atoms with Gasteiger partial charge in [-0.05, 0) is 6.42 Å². The van der Waals surface area contributed by atoms with Gasteiger partial charge in [0.25, 0.3) is 0 Å². The zero-order valence-corrected chi connectivity index (χ0v) is 9.05. The predicted octanol–water partition coefficient (Wildman–Crippen LogP) is 1.02. The molecule has 16 heavy (non-hydrogen) atoms. The minimum atomic E-state index is -1.05. The average molecular weight is 219 g/mol. The minimum absolute atomic E-state index is 0.0752. The molecule has 1 heterocycles. The zero-order valence-electron chi connectivity index (χ0n) is 9.05. The van der Waals surface area contributed by atoms with Crippen LogP contribution in [0.1, 0.15) is 23.7 Å². The van der Waals surface area contributed by atoms with Crippen LogP contribution in [0.5, 0.6) is 0 Å². The van der Waals surface area contributed by atoms with Gasteiger partial charge < -0.3 is 10.0 Å². The van der Waals surface area contributed by atoms with E-state index in [0.717, 1.165) is 6.42 Å². The highest BCUT2D eigenvalue weighted by atomic mass is 16.4. The lowest BCUT2D eigenvalue weighted by Gasteiger charge is -2.21. The number of carboxylic acids is 1. The van der Waals surface area contributed by atoms with Crippen molar-refractivity contribution in [2.45, 2.75) is 13.3 Å². The molecular formula is C11H13N3O2. The molecular weight excluding hydrogens is 206 g/mol. The van der Waals surface area contributed by atoms with Crippen LogP contribution in [0.4, 0.5) is 5.82 Å². The molecule has 0 amide bonds. The van der Waals surface area contributed by atoms with Gasteiger partial charge in [0.2, 0.25) is 0 Å². The number of carboxylic acid groups (broad SMARTS) is 1. The lowest BCUT2D eigenvalue weighted by molar-refractivity contribution is 0.0696. The first-order valence-corrected chi connectivity index (χ1v) is 4.92. The van der Waals surface area contributed by atoms with Gasteiger partial charge in [-0.2, -0.15) is 0 Å². The summed E-state index contributed by atoms with van der Waals surface area (Å²) in [5.41, 5.74) is 0.0752. The summed E-state index contributed by atoms with van der Waals surface area (Å²) in [7, 11) is 0. The summed E-state index contributed by atoms with van der Waals surface area (Å²) in [6, 6.07) is 0. The van der Waals surface area contributed by atoms with Crippen molar-refractivity contribution in [3.63, 3.8) is 0 Å². The van der Waals surface area contributed by atoms with Gasteiger partial charge in [-0.25, -0.2) is 14.8 Å². The molecule has 0 aromatic carbocycles. The maximum atomic E-state index is 11.0. The fourth-order valence-electron chi connectivity index (χ4n) is 1.37. The summed E-state index contributed by atoms with van der Waals surface area (Å²) in [5.74, 6) is 1.82. The van der Waals surface area contributed by atoms with Gasteiger partial charge in [-0.3, -0.25) is 0 Å². The first-order valence-electron chi connectivity index (χ1n) is 4.92. The molecule has 1 aromatic heterocycles. The smallest absolute Gasteiger partial charge is 0.341 e. The van der Waals surface area contributed by atoms with Gasteiger partial charge in [0.1, 0.15) is 17.7 Å². The van der Waals surface area contributed by atoms with E-state index >= 15 is 0 Å². The molecule has 1 rings (SSSR count). The maximum Gasteiger partial charge on any atom is 0.341 e. The van der Waals surface area contributed by atoms with E-state index in [0.29, 0.717) is 18.9 Å². The molecule has 0 aliphatic carbocycles.